The molecule has 2 rings (SSSR count). The van der Waals surface area contributed by atoms with E-state index in [1.807, 2.05) is 30.3 Å². The highest BCUT2D eigenvalue weighted by Gasteiger charge is 2.06. The maximum atomic E-state index is 9.22. The van der Waals surface area contributed by atoms with Crippen molar-refractivity contribution < 1.29 is 9.84 Å². The molecule has 0 unspecified atom stereocenters. The largest absolute Gasteiger partial charge is 0.481 e. The van der Waals surface area contributed by atoms with Crippen LogP contribution in [-0.2, 0) is 6.61 Å². The predicted molar refractivity (Wildman–Crippen MR) is 67.2 cm³/mol. The van der Waals surface area contributed by atoms with E-state index in [1.165, 1.54) is 7.11 Å². The first-order valence-electron chi connectivity index (χ1n) is 5.14. The average molecular weight is 250 g/mol. The molecule has 3 nitrogen and oxygen atoms in total. The Morgan fingerprint density at radius 3 is 2.53 bits per heavy atom. The second kappa shape index (κ2) is 5.17. The number of pyridine rings is 1. The molecule has 0 spiro atoms. The Bertz CT molecular complexity index is 511. The zero-order valence-corrected chi connectivity index (χ0v) is 10.1. The van der Waals surface area contributed by atoms with E-state index in [1.54, 1.807) is 6.20 Å². The number of aliphatic hydroxyl groups is 1. The second-order valence-electron chi connectivity index (χ2n) is 3.56. The Hall–Kier alpha value is -1.58. The van der Waals surface area contributed by atoms with Crippen LogP contribution in [0.4, 0.5) is 0 Å². The molecule has 1 heterocycles. The Labute approximate surface area is 105 Å². The molecule has 0 bridgehead atoms. The number of benzene rings is 1. The summed E-state index contributed by atoms with van der Waals surface area (Å²) in [6.07, 6.45) is 1.71. The van der Waals surface area contributed by atoms with Gasteiger partial charge in [0.1, 0.15) is 0 Å². The molecule has 0 aliphatic rings. The van der Waals surface area contributed by atoms with Gasteiger partial charge < -0.3 is 9.84 Å². The fourth-order valence-electron chi connectivity index (χ4n) is 1.60. The molecule has 0 aliphatic carbocycles. The van der Waals surface area contributed by atoms with Gasteiger partial charge in [-0.1, -0.05) is 23.7 Å². The molecular formula is C13H12ClNO2. The number of nitrogens with zero attached hydrogens (tertiary/aromatic N) is 1. The lowest BCUT2D eigenvalue weighted by Gasteiger charge is -2.07. The van der Waals surface area contributed by atoms with Crippen LogP contribution in [-0.4, -0.2) is 17.2 Å². The van der Waals surface area contributed by atoms with Crippen molar-refractivity contribution in [1.29, 1.82) is 0 Å². The lowest BCUT2D eigenvalue weighted by Crippen LogP contribution is -1.95. The van der Waals surface area contributed by atoms with Crippen LogP contribution in [0.3, 0.4) is 0 Å². The number of methoxy groups -OCH3 is 1. The summed E-state index contributed by atoms with van der Waals surface area (Å²) in [7, 11) is 1.53. The minimum absolute atomic E-state index is 0.0996. The zero-order valence-electron chi connectivity index (χ0n) is 9.35. The molecule has 0 saturated heterocycles. The van der Waals surface area contributed by atoms with Gasteiger partial charge in [-0.3, -0.25) is 0 Å². The number of halogens is 1. The fraction of sp³-hybridized carbons (Fsp3) is 0.154. The normalized spacial score (nSPS) is 10.3. The van der Waals surface area contributed by atoms with Crippen molar-refractivity contribution in [1.82, 2.24) is 4.98 Å². The maximum Gasteiger partial charge on any atom is 0.218 e. The van der Waals surface area contributed by atoms with Crippen LogP contribution < -0.4 is 4.74 Å². The van der Waals surface area contributed by atoms with E-state index in [0.29, 0.717) is 16.5 Å². The second-order valence-corrected chi connectivity index (χ2v) is 3.99. The monoisotopic (exact) mass is 249 g/mol. The molecule has 0 saturated carbocycles. The number of ether oxygens (including phenoxy) is 1. The first-order valence-corrected chi connectivity index (χ1v) is 5.52. The molecule has 0 radical (unpaired) electrons. The van der Waals surface area contributed by atoms with E-state index in [-0.39, 0.29) is 6.61 Å². The number of aromatic nitrogens is 1. The molecule has 88 valence electrons. The molecular weight excluding hydrogens is 238 g/mol. The summed E-state index contributed by atoms with van der Waals surface area (Å²) in [5.74, 6) is 0.449. The molecule has 0 aliphatic heterocycles. The molecule has 4 heteroatoms. The van der Waals surface area contributed by atoms with E-state index in [2.05, 4.69) is 4.98 Å². The van der Waals surface area contributed by atoms with E-state index in [4.69, 9.17) is 16.3 Å². The summed E-state index contributed by atoms with van der Waals surface area (Å²) >= 11 is 5.83. The van der Waals surface area contributed by atoms with Gasteiger partial charge in [0, 0.05) is 22.3 Å². The summed E-state index contributed by atoms with van der Waals surface area (Å²) in [6, 6.07) is 9.31. The van der Waals surface area contributed by atoms with Crippen molar-refractivity contribution in [2.45, 2.75) is 6.61 Å². The first-order chi connectivity index (χ1) is 8.24. The van der Waals surface area contributed by atoms with Gasteiger partial charge in [0.2, 0.25) is 5.88 Å². The molecule has 1 aromatic carbocycles. The quantitative estimate of drug-likeness (QED) is 0.910. The highest BCUT2D eigenvalue weighted by Crippen LogP contribution is 2.25. The van der Waals surface area contributed by atoms with Crippen molar-refractivity contribution in [2.75, 3.05) is 7.11 Å². The van der Waals surface area contributed by atoms with Gasteiger partial charge in [-0.2, -0.15) is 0 Å². The van der Waals surface area contributed by atoms with Crippen molar-refractivity contribution in [3.63, 3.8) is 0 Å². The molecule has 17 heavy (non-hydrogen) atoms. The number of hydrogen-bond donors (Lipinski definition) is 1. The maximum absolute atomic E-state index is 9.22. The highest BCUT2D eigenvalue weighted by molar-refractivity contribution is 6.30. The van der Waals surface area contributed by atoms with Crippen LogP contribution in [0.15, 0.2) is 36.5 Å². The summed E-state index contributed by atoms with van der Waals surface area (Å²) in [5.41, 5.74) is 2.59. The summed E-state index contributed by atoms with van der Waals surface area (Å²) in [4.78, 5) is 4.15. The standard InChI is InChI=1S/C13H12ClNO2/c1-17-13-11(8-16)6-10(7-15-13)9-2-4-12(14)5-3-9/h2-7,16H,8H2,1H3. The molecule has 0 amide bonds. The predicted octanol–water partition coefficient (Wildman–Crippen LogP) is 2.90. The van der Waals surface area contributed by atoms with Gasteiger partial charge in [0.25, 0.3) is 0 Å². The Balaban J connectivity index is 2.42. The fourth-order valence-corrected chi connectivity index (χ4v) is 1.72. The zero-order chi connectivity index (χ0) is 12.3. The van der Waals surface area contributed by atoms with Crippen LogP contribution in [0.1, 0.15) is 5.56 Å². The third-order valence-electron chi connectivity index (χ3n) is 2.47. The number of hydrogen-bond acceptors (Lipinski definition) is 3. The average Bonchev–Trinajstić information content (AvgIpc) is 2.39. The van der Waals surface area contributed by atoms with Gasteiger partial charge in [-0.05, 0) is 23.8 Å². The summed E-state index contributed by atoms with van der Waals surface area (Å²) in [6.45, 7) is -0.0996. The summed E-state index contributed by atoms with van der Waals surface area (Å²) < 4.78 is 5.05. The van der Waals surface area contributed by atoms with Crippen molar-refractivity contribution >= 4 is 11.6 Å². The number of rotatable bonds is 3. The van der Waals surface area contributed by atoms with Crippen LogP contribution in [0, 0.1) is 0 Å². The van der Waals surface area contributed by atoms with Gasteiger partial charge in [-0.15, -0.1) is 0 Å². The van der Waals surface area contributed by atoms with Crippen molar-refractivity contribution in [2.24, 2.45) is 0 Å². The lowest BCUT2D eigenvalue weighted by atomic mass is 10.1. The van der Waals surface area contributed by atoms with Gasteiger partial charge in [-0.25, -0.2) is 4.98 Å². The van der Waals surface area contributed by atoms with E-state index in [0.717, 1.165) is 11.1 Å². The summed E-state index contributed by atoms with van der Waals surface area (Å²) in [5, 5.41) is 9.92. The SMILES string of the molecule is COc1ncc(-c2ccc(Cl)cc2)cc1CO. The lowest BCUT2D eigenvalue weighted by molar-refractivity contribution is 0.271. The van der Waals surface area contributed by atoms with Gasteiger partial charge in [0.05, 0.1) is 13.7 Å². The van der Waals surface area contributed by atoms with Crippen LogP contribution >= 0.6 is 11.6 Å². The van der Waals surface area contributed by atoms with Crippen LogP contribution in [0.5, 0.6) is 5.88 Å². The third-order valence-corrected chi connectivity index (χ3v) is 2.72. The van der Waals surface area contributed by atoms with E-state index < -0.39 is 0 Å². The van der Waals surface area contributed by atoms with Gasteiger partial charge in [0.15, 0.2) is 0 Å². The first kappa shape index (κ1) is 11.9. The molecule has 0 fully saturated rings. The van der Waals surface area contributed by atoms with Crippen molar-refractivity contribution in [3.8, 4) is 17.0 Å². The van der Waals surface area contributed by atoms with Crippen LogP contribution in [0.25, 0.3) is 11.1 Å². The van der Waals surface area contributed by atoms with Gasteiger partial charge >= 0.3 is 0 Å². The number of aliphatic hydroxyl groups excluding tert-OH is 1. The molecule has 1 aromatic heterocycles. The van der Waals surface area contributed by atoms with Crippen LogP contribution in [0.2, 0.25) is 5.02 Å². The highest BCUT2D eigenvalue weighted by atomic mass is 35.5. The Morgan fingerprint density at radius 2 is 1.94 bits per heavy atom. The topological polar surface area (TPSA) is 42.4 Å². The Morgan fingerprint density at radius 1 is 1.24 bits per heavy atom. The minimum atomic E-state index is -0.0996. The molecule has 2 aromatic rings. The Kier molecular flexibility index (Phi) is 3.61. The van der Waals surface area contributed by atoms with E-state index >= 15 is 0 Å². The smallest absolute Gasteiger partial charge is 0.218 e. The molecule has 1 N–H and O–H groups in total. The minimum Gasteiger partial charge on any atom is -0.481 e. The van der Waals surface area contributed by atoms with E-state index in [9.17, 15) is 5.11 Å². The third kappa shape index (κ3) is 2.57. The van der Waals surface area contributed by atoms with Crippen molar-refractivity contribution in [3.05, 3.63) is 47.1 Å². The molecule has 0 atom stereocenters.